The number of nitrogens with one attached hydrogen (secondary N) is 1. The van der Waals surface area contributed by atoms with Crippen LogP contribution in [0.25, 0.3) is 6.08 Å². The molecule has 3 heteroatoms. The highest BCUT2D eigenvalue weighted by molar-refractivity contribution is 5.84. The van der Waals surface area contributed by atoms with Gasteiger partial charge in [0, 0.05) is 5.56 Å². The molecule has 3 aromatic rings. The van der Waals surface area contributed by atoms with Crippen LogP contribution in [0.3, 0.4) is 0 Å². The molecule has 3 aromatic carbocycles. The maximum absolute atomic E-state index is 5.86. The van der Waals surface area contributed by atoms with Crippen LogP contribution in [-0.4, -0.2) is 12.8 Å². The first-order valence-corrected chi connectivity index (χ1v) is 8.19. The van der Waals surface area contributed by atoms with E-state index >= 15 is 0 Å². The van der Waals surface area contributed by atoms with Crippen molar-refractivity contribution in [2.75, 3.05) is 12.0 Å². The van der Waals surface area contributed by atoms with Crippen LogP contribution in [0.1, 0.15) is 11.1 Å². The van der Waals surface area contributed by atoms with Gasteiger partial charge in [-0.25, -0.2) is 0 Å². The monoisotopic (exact) mass is 328 g/mol. The number of hydrazone groups is 1. The van der Waals surface area contributed by atoms with E-state index in [1.54, 1.807) is 6.21 Å². The lowest BCUT2D eigenvalue weighted by Crippen LogP contribution is -1.98. The smallest absolute Gasteiger partial charge is 0.128 e. The summed E-state index contributed by atoms with van der Waals surface area (Å²) in [7, 11) is 0. The van der Waals surface area contributed by atoms with E-state index in [4.69, 9.17) is 4.74 Å². The molecule has 0 aliphatic heterocycles. The van der Waals surface area contributed by atoms with Crippen molar-refractivity contribution in [1.29, 1.82) is 0 Å². The van der Waals surface area contributed by atoms with Crippen molar-refractivity contribution in [2.45, 2.75) is 0 Å². The van der Waals surface area contributed by atoms with Gasteiger partial charge in [-0.3, -0.25) is 5.43 Å². The Morgan fingerprint density at radius 1 is 0.800 bits per heavy atom. The molecule has 0 spiro atoms. The maximum Gasteiger partial charge on any atom is 0.128 e. The summed E-state index contributed by atoms with van der Waals surface area (Å²) in [4.78, 5) is 0. The molecule has 25 heavy (non-hydrogen) atoms. The lowest BCUT2D eigenvalue weighted by atomic mass is 10.2. The van der Waals surface area contributed by atoms with Gasteiger partial charge in [0.05, 0.1) is 11.9 Å². The summed E-state index contributed by atoms with van der Waals surface area (Å²) in [5, 5.41) is 4.28. The highest BCUT2D eigenvalue weighted by Gasteiger charge is 1.99. The van der Waals surface area contributed by atoms with E-state index in [1.807, 2.05) is 84.9 Å². The van der Waals surface area contributed by atoms with E-state index < -0.39 is 0 Å². The molecule has 124 valence electrons. The first-order chi connectivity index (χ1) is 12.4. The second kappa shape index (κ2) is 9.08. The molecule has 0 heterocycles. The standard InChI is InChI=1S/C22H20N2O/c1-3-10-19(11-4-1)12-9-17-25-22-16-8-7-13-20(22)18-23-24-21-14-5-2-6-15-21/h1-16,18,24H,17H2/b12-9+,23-18+. The van der Waals surface area contributed by atoms with Crippen LogP contribution >= 0.6 is 0 Å². The molecule has 0 fully saturated rings. The number of nitrogens with zero attached hydrogens (tertiary/aromatic N) is 1. The molecular formula is C22H20N2O. The number of rotatable bonds is 7. The van der Waals surface area contributed by atoms with Gasteiger partial charge in [-0.15, -0.1) is 0 Å². The van der Waals surface area contributed by atoms with Crippen molar-refractivity contribution >= 4 is 18.0 Å². The molecule has 3 rings (SSSR count). The van der Waals surface area contributed by atoms with Crippen molar-refractivity contribution in [3.05, 3.63) is 102 Å². The molecule has 1 N–H and O–H groups in total. The molecule has 0 saturated carbocycles. The summed E-state index contributed by atoms with van der Waals surface area (Å²) in [5.74, 6) is 0.804. The number of benzene rings is 3. The van der Waals surface area contributed by atoms with E-state index in [-0.39, 0.29) is 0 Å². The summed E-state index contributed by atoms with van der Waals surface area (Å²) in [6.45, 7) is 0.506. The van der Waals surface area contributed by atoms with Gasteiger partial charge >= 0.3 is 0 Å². The molecule has 0 aromatic heterocycles. The second-order valence-corrected chi connectivity index (χ2v) is 5.40. The number of para-hydroxylation sites is 2. The summed E-state index contributed by atoms with van der Waals surface area (Å²) in [6, 6.07) is 27.9. The van der Waals surface area contributed by atoms with E-state index in [0.717, 1.165) is 22.6 Å². The topological polar surface area (TPSA) is 33.6 Å². The maximum atomic E-state index is 5.86. The predicted octanol–water partition coefficient (Wildman–Crippen LogP) is 5.22. The zero-order valence-corrected chi connectivity index (χ0v) is 13.9. The van der Waals surface area contributed by atoms with Crippen molar-refractivity contribution in [3.63, 3.8) is 0 Å². The van der Waals surface area contributed by atoms with E-state index in [2.05, 4.69) is 22.7 Å². The molecule has 0 saturated heterocycles. The van der Waals surface area contributed by atoms with Crippen LogP contribution in [-0.2, 0) is 0 Å². The van der Waals surface area contributed by atoms with E-state index in [1.165, 1.54) is 0 Å². The fraction of sp³-hybridized carbons (Fsp3) is 0.0455. The number of hydrogen-bond acceptors (Lipinski definition) is 3. The molecule has 0 amide bonds. The Labute approximate surface area is 148 Å². The molecule has 0 bridgehead atoms. The van der Waals surface area contributed by atoms with Crippen LogP contribution in [0.15, 0.2) is 96.1 Å². The SMILES string of the molecule is C(=C\c1ccccc1)/COc1ccccc1/C=N/Nc1ccccc1. The normalized spacial score (nSPS) is 11.0. The number of ether oxygens (including phenoxy) is 1. The number of hydrogen-bond donors (Lipinski definition) is 1. The summed E-state index contributed by atoms with van der Waals surface area (Å²) in [6.07, 6.45) is 5.82. The van der Waals surface area contributed by atoms with Gasteiger partial charge in [-0.05, 0) is 35.9 Å². The molecular weight excluding hydrogens is 308 g/mol. The van der Waals surface area contributed by atoms with Crippen molar-refractivity contribution in [3.8, 4) is 5.75 Å². The highest BCUT2D eigenvalue weighted by atomic mass is 16.5. The molecule has 0 radical (unpaired) electrons. The lowest BCUT2D eigenvalue weighted by molar-refractivity contribution is 0.363. The summed E-state index contributed by atoms with van der Waals surface area (Å²) in [5.41, 5.74) is 6.05. The Morgan fingerprint density at radius 3 is 2.28 bits per heavy atom. The van der Waals surface area contributed by atoms with E-state index in [0.29, 0.717) is 6.61 Å². The molecule has 0 aliphatic carbocycles. The third kappa shape index (κ3) is 5.36. The van der Waals surface area contributed by atoms with Crippen molar-refractivity contribution in [1.82, 2.24) is 0 Å². The van der Waals surface area contributed by atoms with Gasteiger partial charge in [-0.2, -0.15) is 5.10 Å². The first-order valence-electron chi connectivity index (χ1n) is 8.19. The predicted molar refractivity (Wildman–Crippen MR) is 105 cm³/mol. The molecule has 3 nitrogen and oxygen atoms in total. The Morgan fingerprint density at radius 2 is 1.48 bits per heavy atom. The average Bonchev–Trinajstić information content (AvgIpc) is 2.68. The van der Waals surface area contributed by atoms with Crippen LogP contribution in [0.2, 0.25) is 0 Å². The van der Waals surface area contributed by atoms with Gasteiger partial charge < -0.3 is 4.74 Å². The Balaban J connectivity index is 1.58. The van der Waals surface area contributed by atoms with Crippen molar-refractivity contribution < 1.29 is 4.74 Å². The summed E-state index contributed by atoms with van der Waals surface area (Å²) < 4.78 is 5.86. The average molecular weight is 328 g/mol. The zero-order chi connectivity index (χ0) is 17.2. The van der Waals surface area contributed by atoms with Gasteiger partial charge in [-0.1, -0.05) is 66.7 Å². The number of anilines is 1. The lowest BCUT2D eigenvalue weighted by Gasteiger charge is -2.06. The third-order valence-corrected chi connectivity index (χ3v) is 3.54. The Kier molecular flexibility index (Phi) is 6.01. The minimum Gasteiger partial charge on any atom is -0.489 e. The minimum absolute atomic E-state index is 0.506. The van der Waals surface area contributed by atoms with Gasteiger partial charge in [0.2, 0.25) is 0 Å². The zero-order valence-electron chi connectivity index (χ0n) is 13.9. The van der Waals surface area contributed by atoms with Crippen LogP contribution in [0.4, 0.5) is 5.69 Å². The molecule has 0 aliphatic rings. The molecule has 0 atom stereocenters. The Hall–Kier alpha value is -3.33. The second-order valence-electron chi connectivity index (χ2n) is 5.40. The fourth-order valence-electron chi connectivity index (χ4n) is 2.29. The molecule has 0 unspecified atom stereocenters. The Bertz CT molecular complexity index is 827. The van der Waals surface area contributed by atoms with Crippen LogP contribution < -0.4 is 10.2 Å². The van der Waals surface area contributed by atoms with Gasteiger partial charge in [0.15, 0.2) is 0 Å². The first kappa shape index (κ1) is 16.5. The van der Waals surface area contributed by atoms with Gasteiger partial charge in [0.1, 0.15) is 12.4 Å². The highest BCUT2D eigenvalue weighted by Crippen LogP contribution is 2.16. The summed E-state index contributed by atoms with van der Waals surface area (Å²) >= 11 is 0. The van der Waals surface area contributed by atoms with Crippen LogP contribution in [0.5, 0.6) is 5.75 Å². The fourth-order valence-corrected chi connectivity index (χ4v) is 2.29. The quantitative estimate of drug-likeness (QED) is 0.476. The van der Waals surface area contributed by atoms with E-state index in [9.17, 15) is 0 Å². The largest absolute Gasteiger partial charge is 0.489 e. The third-order valence-electron chi connectivity index (χ3n) is 3.54. The van der Waals surface area contributed by atoms with Crippen LogP contribution in [0, 0.1) is 0 Å². The van der Waals surface area contributed by atoms with Crippen molar-refractivity contribution in [2.24, 2.45) is 5.10 Å². The minimum atomic E-state index is 0.506. The van der Waals surface area contributed by atoms with Gasteiger partial charge in [0.25, 0.3) is 0 Å².